The maximum Gasteiger partial charge on any atom is 0.340 e. The largest absolute Gasteiger partial charge is 0.465 e. The van der Waals surface area contributed by atoms with E-state index < -0.39 is 27.0 Å². The number of thiophene rings is 1. The van der Waals surface area contributed by atoms with Crippen LogP contribution in [0.2, 0.25) is 0 Å². The molecule has 1 heterocycles. The predicted molar refractivity (Wildman–Crippen MR) is 92.4 cm³/mol. The zero-order valence-corrected chi connectivity index (χ0v) is 15.0. The Kier molecular flexibility index (Phi) is 5.40. The molecule has 1 aromatic heterocycles. The number of carbonyl (C=O) groups excluding carboxylic acids is 2. The number of nitrogens with one attached hydrogen (secondary N) is 1. The molecule has 0 aliphatic heterocycles. The normalized spacial score (nSPS) is 11.3. The first-order valence-electron chi connectivity index (χ1n) is 7.08. The van der Waals surface area contributed by atoms with Crippen LogP contribution in [0.15, 0.2) is 40.6 Å². The van der Waals surface area contributed by atoms with Crippen molar-refractivity contribution in [2.24, 2.45) is 0 Å². The Morgan fingerprint density at radius 3 is 2.54 bits per heavy atom. The summed E-state index contributed by atoms with van der Waals surface area (Å²) in [6.45, 7) is 3.16. The van der Waals surface area contributed by atoms with Crippen molar-refractivity contribution in [3.05, 3.63) is 46.8 Å². The van der Waals surface area contributed by atoms with Gasteiger partial charge in [-0.3, -0.25) is 4.79 Å². The number of hydrogen-bond acceptors (Lipinski definition) is 6. The molecule has 0 fully saturated rings. The van der Waals surface area contributed by atoms with Crippen molar-refractivity contribution in [1.29, 1.82) is 0 Å². The average Bonchev–Trinajstić information content (AvgIpc) is 3.02. The smallest absolute Gasteiger partial charge is 0.340 e. The molecule has 6 nitrogen and oxygen atoms in total. The predicted octanol–water partition coefficient (Wildman–Crippen LogP) is 2.97. The van der Waals surface area contributed by atoms with Crippen LogP contribution in [0.1, 0.15) is 34.6 Å². The second kappa shape index (κ2) is 7.14. The van der Waals surface area contributed by atoms with Crippen LogP contribution in [0.25, 0.3) is 0 Å². The zero-order chi connectivity index (χ0) is 17.9. The van der Waals surface area contributed by atoms with Crippen molar-refractivity contribution in [3.8, 4) is 0 Å². The lowest BCUT2D eigenvalue weighted by Crippen LogP contribution is -2.17. The fourth-order valence-corrected chi connectivity index (χ4v) is 3.81. The van der Waals surface area contributed by atoms with Crippen LogP contribution >= 0.6 is 11.3 Å². The topological polar surface area (TPSA) is 89.5 Å². The van der Waals surface area contributed by atoms with Crippen LogP contribution in [0, 0.1) is 0 Å². The van der Waals surface area contributed by atoms with E-state index in [-0.39, 0.29) is 16.0 Å². The lowest BCUT2D eigenvalue weighted by molar-refractivity contribution is 0.0602. The molecule has 0 saturated heterocycles. The first kappa shape index (κ1) is 18.2. The SMILES string of the molecule is COC(=O)c1ccsc1NC(=O)c1cccc(S(=O)(=O)C(C)C)c1. The van der Waals surface area contributed by atoms with Gasteiger partial charge >= 0.3 is 5.97 Å². The lowest BCUT2D eigenvalue weighted by Gasteiger charge is -2.10. The molecule has 2 aromatic rings. The number of methoxy groups -OCH3 is 1. The third-order valence-corrected chi connectivity index (χ3v) is 6.33. The fraction of sp³-hybridized carbons (Fsp3) is 0.250. The Bertz CT molecular complexity index is 868. The van der Waals surface area contributed by atoms with E-state index in [0.717, 1.165) is 0 Å². The number of ether oxygens (including phenoxy) is 1. The quantitative estimate of drug-likeness (QED) is 0.821. The zero-order valence-electron chi connectivity index (χ0n) is 13.4. The summed E-state index contributed by atoms with van der Waals surface area (Å²) in [5, 5.41) is 4.03. The summed E-state index contributed by atoms with van der Waals surface area (Å²) < 4.78 is 29.1. The van der Waals surface area contributed by atoms with Crippen LogP contribution in [0.3, 0.4) is 0 Å². The van der Waals surface area contributed by atoms with Gasteiger partial charge in [0, 0.05) is 5.56 Å². The molecule has 24 heavy (non-hydrogen) atoms. The van der Waals surface area contributed by atoms with E-state index in [2.05, 4.69) is 10.1 Å². The number of carbonyl (C=O) groups is 2. The highest BCUT2D eigenvalue weighted by Gasteiger charge is 2.21. The van der Waals surface area contributed by atoms with Crippen molar-refractivity contribution >= 4 is 38.1 Å². The fourth-order valence-electron chi connectivity index (χ4n) is 1.94. The van der Waals surface area contributed by atoms with Crippen LogP contribution in [0.5, 0.6) is 0 Å². The molecule has 0 saturated carbocycles. The van der Waals surface area contributed by atoms with Crippen molar-refractivity contribution in [3.63, 3.8) is 0 Å². The number of benzene rings is 1. The Labute approximate surface area is 144 Å². The first-order valence-corrected chi connectivity index (χ1v) is 9.51. The Morgan fingerprint density at radius 1 is 1.21 bits per heavy atom. The summed E-state index contributed by atoms with van der Waals surface area (Å²) in [6.07, 6.45) is 0. The second-order valence-electron chi connectivity index (χ2n) is 5.23. The molecule has 0 radical (unpaired) electrons. The number of rotatable bonds is 5. The van der Waals surface area contributed by atoms with Gasteiger partial charge in [-0.25, -0.2) is 13.2 Å². The van der Waals surface area contributed by atoms with Crippen LogP contribution in [-0.2, 0) is 14.6 Å². The standard InChI is InChI=1S/C16H17NO5S2/c1-10(2)24(20,21)12-6-4-5-11(9-12)14(18)17-15-13(7-8-23-15)16(19)22-3/h4-10H,1-3H3,(H,17,18). The molecule has 0 spiro atoms. The van der Waals surface area contributed by atoms with Gasteiger partial charge in [-0.1, -0.05) is 6.07 Å². The lowest BCUT2D eigenvalue weighted by atomic mass is 10.2. The number of anilines is 1. The molecule has 0 atom stereocenters. The summed E-state index contributed by atoms with van der Waals surface area (Å²) >= 11 is 1.18. The van der Waals surface area contributed by atoms with Gasteiger partial charge in [-0.05, 0) is 43.5 Å². The van der Waals surface area contributed by atoms with Crippen molar-refractivity contribution in [1.82, 2.24) is 0 Å². The van der Waals surface area contributed by atoms with Crippen LogP contribution < -0.4 is 5.32 Å². The van der Waals surface area contributed by atoms with Crippen LogP contribution in [0.4, 0.5) is 5.00 Å². The molecule has 2 rings (SSSR count). The highest BCUT2D eigenvalue weighted by molar-refractivity contribution is 7.92. The second-order valence-corrected chi connectivity index (χ2v) is 8.65. The number of amides is 1. The van der Waals surface area contributed by atoms with Gasteiger partial charge in [0.25, 0.3) is 5.91 Å². The summed E-state index contributed by atoms with van der Waals surface area (Å²) in [7, 11) is -2.22. The molecule has 1 aromatic carbocycles. The molecule has 128 valence electrons. The average molecular weight is 367 g/mol. The van der Waals surface area contributed by atoms with Gasteiger partial charge in [0.15, 0.2) is 9.84 Å². The van der Waals surface area contributed by atoms with Gasteiger partial charge in [0.2, 0.25) is 0 Å². The molecule has 8 heteroatoms. The van der Waals surface area contributed by atoms with E-state index in [1.54, 1.807) is 25.3 Å². The molecule has 0 bridgehead atoms. The minimum absolute atomic E-state index is 0.0875. The summed E-state index contributed by atoms with van der Waals surface area (Å²) in [5.74, 6) is -1.05. The van der Waals surface area contributed by atoms with Gasteiger partial charge in [-0.15, -0.1) is 11.3 Å². The highest BCUT2D eigenvalue weighted by atomic mass is 32.2. The Morgan fingerprint density at radius 2 is 1.92 bits per heavy atom. The van der Waals surface area contributed by atoms with Crippen molar-refractivity contribution in [2.75, 3.05) is 12.4 Å². The monoisotopic (exact) mass is 367 g/mol. The minimum atomic E-state index is -3.47. The molecular weight excluding hydrogens is 350 g/mol. The van der Waals surface area contributed by atoms with E-state index >= 15 is 0 Å². The molecule has 1 amide bonds. The Hall–Kier alpha value is -2.19. The van der Waals surface area contributed by atoms with Crippen LogP contribution in [-0.4, -0.2) is 32.7 Å². The molecule has 0 aliphatic rings. The van der Waals surface area contributed by atoms with Crippen molar-refractivity contribution in [2.45, 2.75) is 24.0 Å². The maximum atomic E-state index is 12.4. The molecule has 1 N–H and O–H groups in total. The molecule has 0 unspecified atom stereocenters. The van der Waals surface area contributed by atoms with Crippen molar-refractivity contribution < 1.29 is 22.7 Å². The maximum absolute atomic E-state index is 12.4. The van der Waals surface area contributed by atoms with Gasteiger partial charge in [-0.2, -0.15) is 0 Å². The summed E-state index contributed by atoms with van der Waals surface area (Å²) in [4.78, 5) is 24.1. The minimum Gasteiger partial charge on any atom is -0.465 e. The van der Waals surface area contributed by atoms with E-state index in [0.29, 0.717) is 5.00 Å². The number of esters is 1. The number of hydrogen-bond donors (Lipinski definition) is 1. The van der Waals surface area contributed by atoms with E-state index in [1.807, 2.05) is 0 Å². The summed E-state index contributed by atoms with van der Waals surface area (Å²) in [6, 6.07) is 7.36. The molecule has 0 aliphatic carbocycles. The molecular formula is C16H17NO5S2. The van der Waals surface area contributed by atoms with E-state index in [9.17, 15) is 18.0 Å². The van der Waals surface area contributed by atoms with Gasteiger partial charge in [0.1, 0.15) is 5.00 Å². The third-order valence-electron chi connectivity index (χ3n) is 3.34. The first-order chi connectivity index (χ1) is 11.3. The van der Waals surface area contributed by atoms with E-state index in [4.69, 9.17) is 0 Å². The summed E-state index contributed by atoms with van der Waals surface area (Å²) in [5.41, 5.74) is 0.447. The highest BCUT2D eigenvalue weighted by Crippen LogP contribution is 2.25. The Balaban J connectivity index is 2.29. The number of sulfone groups is 1. The van der Waals surface area contributed by atoms with E-state index in [1.165, 1.54) is 42.7 Å². The van der Waals surface area contributed by atoms with Gasteiger partial charge < -0.3 is 10.1 Å². The third kappa shape index (κ3) is 3.65. The van der Waals surface area contributed by atoms with Gasteiger partial charge in [0.05, 0.1) is 22.8 Å².